The molecule has 0 heterocycles. The topological polar surface area (TPSA) is 58.6 Å². The number of hydrogen-bond acceptors (Lipinski definition) is 3. The van der Waals surface area contributed by atoms with E-state index in [2.05, 4.69) is 21.2 Å². The Morgan fingerprint density at radius 3 is 2.57 bits per heavy atom. The number of halogens is 2. The van der Waals surface area contributed by atoms with E-state index in [1.54, 1.807) is 44.3 Å². The minimum atomic E-state index is -0.748. The Labute approximate surface area is 190 Å². The van der Waals surface area contributed by atoms with Crippen LogP contribution in [0.25, 0.3) is 0 Å². The van der Waals surface area contributed by atoms with E-state index in [4.69, 9.17) is 16.3 Å². The number of rotatable bonds is 6. The maximum Gasteiger partial charge on any atom is 0.267 e. The highest BCUT2D eigenvalue weighted by atomic mass is 79.9. The van der Waals surface area contributed by atoms with E-state index in [-0.39, 0.29) is 17.9 Å². The third-order valence-electron chi connectivity index (χ3n) is 5.33. The Balaban J connectivity index is 1.73. The Kier molecular flexibility index (Phi) is 7.78. The van der Waals surface area contributed by atoms with Crippen LogP contribution in [0.2, 0.25) is 5.02 Å². The standard InChI is InChI=1S/C23H26BrClN2O3/c1-15(30-21-13-12-16(25)14-19(21)24)23(29)27(2)20-11-7-6-10-18(20)22(28)26-17-8-4-3-5-9-17/h6-7,10-15,17H,3-5,8-9H2,1-2H3,(H,26,28). The molecule has 2 aromatic rings. The SMILES string of the molecule is CC(Oc1ccc(Cl)cc1Br)C(=O)N(C)c1ccccc1C(=O)NC1CCCCC1. The second-order valence-corrected chi connectivity index (χ2v) is 8.85. The van der Waals surface area contributed by atoms with Crippen LogP contribution in [0.3, 0.4) is 0 Å². The number of nitrogens with zero attached hydrogens (tertiary/aromatic N) is 1. The highest BCUT2D eigenvalue weighted by Gasteiger charge is 2.25. The lowest BCUT2D eigenvalue weighted by molar-refractivity contribution is -0.124. The maximum absolute atomic E-state index is 13.0. The summed E-state index contributed by atoms with van der Waals surface area (Å²) in [6, 6.07) is 12.5. The van der Waals surface area contributed by atoms with Crippen molar-refractivity contribution in [1.29, 1.82) is 0 Å². The number of anilines is 1. The molecule has 0 spiro atoms. The lowest BCUT2D eigenvalue weighted by Crippen LogP contribution is -2.40. The maximum atomic E-state index is 13.0. The van der Waals surface area contributed by atoms with Gasteiger partial charge in [0.2, 0.25) is 0 Å². The molecular weight excluding hydrogens is 468 g/mol. The highest BCUT2D eigenvalue weighted by molar-refractivity contribution is 9.10. The van der Waals surface area contributed by atoms with Gasteiger partial charge in [0, 0.05) is 18.1 Å². The zero-order valence-electron chi connectivity index (χ0n) is 17.2. The first-order chi connectivity index (χ1) is 14.4. The van der Waals surface area contributed by atoms with Gasteiger partial charge in [-0.15, -0.1) is 0 Å². The van der Waals surface area contributed by atoms with Crippen molar-refractivity contribution in [2.24, 2.45) is 0 Å². The van der Waals surface area contributed by atoms with Crippen molar-refractivity contribution in [2.75, 3.05) is 11.9 Å². The lowest BCUT2D eigenvalue weighted by atomic mass is 9.95. The first kappa shape index (κ1) is 22.6. The Morgan fingerprint density at radius 2 is 1.87 bits per heavy atom. The van der Waals surface area contributed by atoms with Crippen molar-refractivity contribution in [3.8, 4) is 5.75 Å². The number of para-hydroxylation sites is 1. The Bertz CT molecular complexity index is 915. The average molecular weight is 494 g/mol. The van der Waals surface area contributed by atoms with E-state index in [1.165, 1.54) is 11.3 Å². The van der Waals surface area contributed by atoms with Gasteiger partial charge in [0.15, 0.2) is 6.10 Å². The molecule has 1 aliphatic rings. The molecular formula is C23H26BrClN2O3. The van der Waals surface area contributed by atoms with Gasteiger partial charge in [-0.2, -0.15) is 0 Å². The number of hydrogen-bond donors (Lipinski definition) is 1. The molecule has 1 aliphatic carbocycles. The summed E-state index contributed by atoms with van der Waals surface area (Å²) >= 11 is 9.36. The van der Waals surface area contributed by atoms with Gasteiger partial charge in [-0.05, 0) is 66.0 Å². The molecule has 1 fully saturated rings. The highest BCUT2D eigenvalue weighted by Crippen LogP contribution is 2.29. The van der Waals surface area contributed by atoms with Crippen LogP contribution in [-0.2, 0) is 4.79 Å². The van der Waals surface area contributed by atoms with Crippen LogP contribution in [0.4, 0.5) is 5.69 Å². The summed E-state index contributed by atoms with van der Waals surface area (Å²) in [7, 11) is 1.66. The van der Waals surface area contributed by atoms with Crippen molar-refractivity contribution in [3.63, 3.8) is 0 Å². The van der Waals surface area contributed by atoms with Crippen LogP contribution in [0.1, 0.15) is 49.4 Å². The van der Waals surface area contributed by atoms with Gasteiger partial charge in [-0.3, -0.25) is 9.59 Å². The largest absolute Gasteiger partial charge is 0.480 e. The fourth-order valence-corrected chi connectivity index (χ4v) is 4.45. The minimum absolute atomic E-state index is 0.147. The van der Waals surface area contributed by atoms with Crippen LogP contribution < -0.4 is 15.0 Å². The minimum Gasteiger partial charge on any atom is -0.480 e. The lowest BCUT2D eigenvalue weighted by Gasteiger charge is -2.26. The predicted octanol–water partition coefficient (Wildman–Crippen LogP) is 5.60. The van der Waals surface area contributed by atoms with E-state index >= 15 is 0 Å². The van der Waals surface area contributed by atoms with E-state index in [0.717, 1.165) is 25.7 Å². The number of nitrogens with one attached hydrogen (secondary N) is 1. The molecule has 0 aliphatic heterocycles. The van der Waals surface area contributed by atoms with Crippen LogP contribution in [0, 0.1) is 0 Å². The van der Waals surface area contributed by atoms with Gasteiger partial charge >= 0.3 is 0 Å². The normalized spacial score (nSPS) is 15.3. The molecule has 160 valence electrons. The molecule has 1 atom stereocenters. The Hall–Kier alpha value is -2.05. The summed E-state index contributed by atoms with van der Waals surface area (Å²) in [5.41, 5.74) is 1.04. The molecule has 0 bridgehead atoms. The molecule has 30 heavy (non-hydrogen) atoms. The van der Waals surface area contributed by atoms with Crippen LogP contribution in [0.15, 0.2) is 46.9 Å². The van der Waals surface area contributed by atoms with Crippen molar-refractivity contribution in [2.45, 2.75) is 51.2 Å². The van der Waals surface area contributed by atoms with Gasteiger partial charge in [-0.1, -0.05) is 43.0 Å². The van der Waals surface area contributed by atoms with Crippen molar-refractivity contribution < 1.29 is 14.3 Å². The van der Waals surface area contributed by atoms with E-state index in [1.807, 2.05) is 12.1 Å². The van der Waals surface area contributed by atoms with Crippen LogP contribution in [0.5, 0.6) is 5.75 Å². The van der Waals surface area contributed by atoms with Gasteiger partial charge in [0.25, 0.3) is 11.8 Å². The van der Waals surface area contributed by atoms with Gasteiger partial charge in [0.1, 0.15) is 5.75 Å². The van der Waals surface area contributed by atoms with Crippen LogP contribution >= 0.6 is 27.5 Å². The number of ether oxygens (including phenoxy) is 1. The molecule has 2 amide bonds. The molecule has 3 rings (SSSR count). The summed E-state index contributed by atoms with van der Waals surface area (Å²) in [6.45, 7) is 1.69. The van der Waals surface area contributed by atoms with Gasteiger partial charge < -0.3 is 15.0 Å². The molecule has 1 unspecified atom stereocenters. The van der Waals surface area contributed by atoms with Crippen molar-refractivity contribution >= 4 is 45.0 Å². The summed E-state index contributed by atoms with van der Waals surface area (Å²) in [5.74, 6) is 0.123. The monoisotopic (exact) mass is 492 g/mol. The quantitative estimate of drug-likeness (QED) is 0.570. The molecule has 0 radical (unpaired) electrons. The summed E-state index contributed by atoms with van der Waals surface area (Å²) < 4.78 is 6.50. The fraction of sp³-hybridized carbons (Fsp3) is 0.391. The average Bonchev–Trinajstić information content (AvgIpc) is 2.75. The summed E-state index contributed by atoms with van der Waals surface area (Å²) in [6.07, 6.45) is 4.76. The number of likely N-dealkylation sites (N-methyl/N-ethyl adjacent to an activating group) is 1. The summed E-state index contributed by atoms with van der Waals surface area (Å²) in [5, 5.41) is 3.70. The first-order valence-corrected chi connectivity index (χ1v) is 11.3. The van der Waals surface area contributed by atoms with Crippen LogP contribution in [-0.4, -0.2) is 31.0 Å². The second-order valence-electron chi connectivity index (χ2n) is 7.56. The fourth-order valence-electron chi connectivity index (χ4n) is 3.67. The number of carbonyl (C=O) groups excluding carboxylic acids is 2. The van der Waals surface area contributed by atoms with Gasteiger partial charge in [0.05, 0.1) is 15.7 Å². The zero-order chi connectivity index (χ0) is 21.7. The van der Waals surface area contributed by atoms with E-state index < -0.39 is 6.10 Å². The molecule has 0 aromatic heterocycles. The van der Waals surface area contributed by atoms with E-state index in [0.29, 0.717) is 26.5 Å². The third-order valence-corrected chi connectivity index (χ3v) is 6.18. The molecule has 1 N–H and O–H groups in total. The molecule has 2 aromatic carbocycles. The summed E-state index contributed by atoms with van der Waals surface area (Å²) in [4.78, 5) is 27.4. The van der Waals surface area contributed by atoms with Gasteiger partial charge in [-0.25, -0.2) is 0 Å². The first-order valence-electron chi connectivity index (χ1n) is 10.2. The zero-order valence-corrected chi connectivity index (χ0v) is 19.5. The van der Waals surface area contributed by atoms with E-state index in [9.17, 15) is 9.59 Å². The Morgan fingerprint density at radius 1 is 1.17 bits per heavy atom. The number of amides is 2. The van der Waals surface area contributed by atoms with Crippen molar-refractivity contribution in [1.82, 2.24) is 5.32 Å². The molecule has 0 saturated heterocycles. The predicted molar refractivity (Wildman–Crippen MR) is 123 cm³/mol. The molecule has 1 saturated carbocycles. The third kappa shape index (κ3) is 5.55. The number of carbonyl (C=O) groups is 2. The number of benzene rings is 2. The molecule has 5 nitrogen and oxygen atoms in total. The van der Waals surface area contributed by atoms with Crippen molar-refractivity contribution in [3.05, 3.63) is 57.5 Å². The second kappa shape index (κ2) is 10.3. The smallest absolute Gasteiger partial charge is 0.267 e. The molecule has 7 heteroatoms.